The van der Waals surface area contributed by atoms with Gasteiger partial charge in [0, 0.05) is 25.3 Å². The minimum absolute atomic E-state index is 1.09. The predicted octanol–water partition coefficient (Wildman–Crippen LogP) is 4.65. The molecule has 0 fully saturated rings. The molecule has 0 saturated carbocycles. The normalized spacial score (nSPS) is 11.0. The van der Waals surface area contributed by atoms with Crippen molar-refractivity contribution >= 4 is 27.2 Å². The maximum Gasteiger partial charge on any atom is 0.124 e. The molecule has 3 aromatic rings. The molecule has 20 heavy (non-hydrogen) atoms. The molecule has 3 heteroatoms. The monoisotopic (exact) mass is 282 g/mol. The predicted molar refractivity (Wildman–Crippen MR) is 88.9 cm³/mol. The third-order valence-electron chi connectivity index (χ3n) is 3.47. The van der Waals surface area contributed by atoms with Crippen molar-refractivity contribution in [3.63, 3.8) is 0 Å². The van der Waals surface area contributed by atoms with Crippen LogP contribution in [0.15, 0.2) is 36.4 Å². The van der Waals surface area contributed by atoms with E-state index < -0.39 is 0 Å². The third kappa shape index (κ3) is 2.29. The summed E-state index contributed by atoms with van der Waals surface area (Å²) in [6.45, 7) is 4.27. The Morgan fingerprint density at radius 3 is 2.50 bits per heavy atom. The van der Waals surface area contributed by atoms with Crippen LogP contribution < -0.4 is 4.90 Å². The molecule has 0 spiro atoms. The lowest BCUT2D eigenvalue weighted by atomic mass is 10.1. The number of aromatic nitrogens is 1. The van der Waals surface area contributed by atoms with Crippen molar-refractivity contribution in [1.29, 1.82) is 0 Å². The zero-order valence-electron chi connectivity index (χ0n) is 12.3. The molecule has 0 radical (unpaired) electrons. The third-order valence-corrected chi connectivity index (χ3v) is 4.54. The molecule has 0 aliphatic carbocycles. The summed E-state index contributed by atoms with van der Waals surface area (Å²) in [6, 6.07) is 13.0. The van der Waals surface area contributed by atoms with Crippen molar-refractivity contribution in [2.75, 3.05) is 19.0 Å². The van der Waals surface area contributed by atoms with Crippen LogP contribution in [0, 0.1) is 13.8 Å². The van der Waals surface area contributed by atoms with E-state index in [1.54, 1.807) is 11.3 Å². The first kappa shape index (κ1) is 13.1. The molecule has 0 atom stereocenters. The highest BCUT2D eigenvalue weighted by Crippen LogP contribution is 2.32. The largest absolute Gasteiger partial charge is 0.377 e. The van der Waals surface area contributed by atoms with E-state index in [9.17, 15) is 0 Å². The fourth-order valence-electron chi connectivity index (χ4n) is 2.45. The summed E-state index contributed by atoms with van der Waals surface area (Å²) >= 11 is 1.76. The average molecular weight is 282 g/mol. The molecular formula is C17H18N2S. The van der Waals surface area contributed by atoms with Gasteiger partial charge >= 0.3 is 0 Å². The van der Waals surface area contributed by atoms with Crippen molar-refractivity contribution in [2.24, 2.45) is 0 Å². The summed E-state index contributed by atoms with van der Waals surface area (Å²) in [5, 5.41) is 1.10. The zero-order chi connectivity index (χ0) is 14.3. The van der Waals surface area contributed by atoms with Gasteiger partial charge in [-0.05, 0) is 55.3 Å². The molecule has 0 aliphatic heterocycles. The Kier molecular flexibility index (Phi) is 3.22. The van der Waals surface area contributed by atoms with Gasteiger partial charge in [-0.2, -0.15) is 0 Å². The average Bonchev–Trinajstić information content (AvgIpc) is 2.81. The minimum atomic E-state index is 1.09. The Morgan fingerprint density at radius 2 is 1.80 bits per heavy atom. The van der Waals surface area contributed by atoms with Gasteiger partial charge in [-0.25, -0.2) is 4.98 Å². The van der Waals surface area contributed by atoms with Gasteiger partial charge in [0.25, 0.3) is 0 Å². The van der Waals surface area contributed by atoms with Gasteiger partial charge < -0.3 is 4.90 Å². The Hall–Kier alpha value is -1.87. The van der Waals surface area contributed by atoms with Crippen molar-refractivity contribution in [1.82, 2.24) is 4.98 Å². The Balaban J connectivity index is 2.08. The molecule has 0 bridgehead atoms. The second kappa shape index (κ2) is 4.91. The van der Waals surface area contributed by atoms with Gasteiger partial charge in [0.1, 0.15) is 5.01 Å². The summed E-state index contributed by atoms with van der Waals surface area (Å²) < 4.78 is 1.26. The number of hydrogen-bond donors (Lipinski definition) is 0. The lowest BCUT2D eigenvalue weighted by Gasteiger charge is -2.15. The smallest absolute Gasteiger partial charge is 0.124 e. The molecule has 2 nitrogen and oxygen atoms in total. The summed E-state index contributed by atoms with van der Waals surface area (Å²) in [5.41, 5.74) is 6.11. The first-order chi connectivity index (χ1) is 9.54. The SMILES string of the molecule is Cc1ccc2nc(-c3ccc(N(C)C)c(C)c3)sc2c1. The minimum Gasteiger partial charge on any atom is -0.377 e. The van der Waals surface area contributed by atoms with Gasteiger partial charge in [-0.15, -0.1) is 11.3 Å². The van der Waals surface area contributed by atoms with E-state index in [2.05, 4.69) is 69.2 Å². The highest BCUT2D eigenvalue weighted by atomic mass is 32.1. The quantitative estimate of drug-likeness (QED) is 0.680. The van der Waals surface area contributed by atoms with Crippen LogP contribution in [0.3, 0.4) is 0 Å². The number of aryl methyl sites for hydroxylation is 2. The van der Waals surface area contributed by atoms with E-state index in [0.717, 1.165) is 10.5 Å². The summed E-state index contributed by atoms with van der Waals surface area (Å²) in [6.07, 6.45) is 0. The molecule has 102 valence electrons. The molecule has 3 rings (SSSR count). The zero-order valence-corrected chi connectivity index (χ0v) is 13.1. The van der Waals surface area contributed by atoms with Gasteiger partial charge in [0.2, 0.25) is 0 Å². The lowest BCUT2D eigenvalue weighted by Crippen LogP contribution is -2.09. The summed E-state index contributed by atoms with van der Waals surface area (Å²) in [7, 11) is 4.14. The Morgan fingerprint density at radius 1 is 1.00 bits per heavy atom. The van der Waals surface area contributed by atoms with Gasteiger partial charge in [0.05, 0.1) is 10.2 Å². The van der Waals surface area contributed by atoms with Gasteiger partial charge in [0.15, 0.2) is 0 Å². The number of thiazole rings is 1. The fraction of sp³-hybridized carbons (Fsp3) is 0.235. The van der Waals surface area contributed by atoms with E-state index in [1.807, 2.05) is 0 Å². The molecule has 0 N–H and O–H groups in total. The van der Waals surface area contributed by atoms with E-state index in [1.165, 1.54) is 27.1 Å². The van der Waals surface area contributed by atoms with Gasteiger partial charge in [-0.1, -0.05) is 6.07 Å². The first-order valence-corrected chi connectivity index (χ1v) is 7.52. The van der Waals surface area contributed by atoms with Crippen molar-refractivity contribution < 1.29 is 0 Å². The van der Waals surface area contributed by atoms with Crippen LogP contribution in [-0.2, 0) is 0 Å². The molecule has 0 saturated heterocycles. The molecular weight excluding hydrogens is 264 g/mol. The van der Waals surface area contributed by atoms with E-state index in [-0.39, 0.29) is 0 Å². The second-order valence-electron chi connectivity index (χ2n) is 5.39. The fourth-order valence-corrected chi connectivity index (χ4v) is 3.51. The summed E-state index contributed by atoms with van der Waals surface area (Å²) in [4.78, 5) is 6.88. The van der Waals surface area contributed by atoms with E-state index in [4.69, 9.17) is 4.98 Å². The van der Waals surface area contributed by atoms with E-state index >= 15 is 0 Å². The molecule has 0 amide bonds. The number of rotatable bonds is 2. The Bertz CT molecular complexity index is 772. The number of fused-ring (bicyclic) bond motifs is 1. The molecule has 1 aromatic heterocycles. The van der Waals surface area contributed by atoms with Crippen molar-refractivity contribution in [2.45, 2.75) is 13.8 Å². The van der Waals surface area contributed by atoms with Crippen LogP contribution in [0.2, 0.25) is 0 Å². The maximum absolute atomic E-state index is 4.74. The molecule has 0 unspecified atom stereocenters. The molecule has 1 heterocycles. The van der Waals surface area contributed by atoms with Gasteiger partial charge in [-0.3, -0.25) is 0 Å². The van der Waals surface area contributed by atoms with Crippen LogP contribution in [-0.4, -0.2) is 19.1 Å². The highest BCUT2D eigenvalue weighted by Gasteiger charge is 2.08. The number of nitrogens with zero attached hydrogens (tertiary/aromatic N) is 2. The van der Waals surface area contributed by atoms with Crippen molar-refractivity contribution in [3.05, 3.63) is 47.5 Å². The lowest BCUT2D eigenvalue weighted by molar-refractivity contribution is 1.11. The molecule has 0 aliphatic rings. The van der Waals surface area contributed by atoms with Crippen LogP contribution in [0.25, 0.3) is 20.8 Å². The Labute approximate surface area is 123 Å². The highest BCUT2D eigenvalue weighted by molar-refractivity contribution is 7.21. The second-order valence-corrected chi connectivity index (χ2v) is 6.42. The van der Waals surface area contributed by atoms with Crippen LogP contribution >= 0.6 is 11.3 Å². The van der Waals surface area contributed by atoms with Crippen LogP contribution in [0.1, 0.15) is 11.1 Å². The topological polar surface area (TPSA) is 16.1 Å². The summed E-state index contributed by atoms with van der Waals surface area (Å²) in [5.74, 6) is 0. The number of benzene rings is 2. The number of hydrogen-bond acceptors (Lipinski definition) is 3. The number of anilines is 1. The van der Waals surface area contributed by atoms with Crippen LogP contribution in [0.5, 0.6) is 0 Å². The van der Waals surface area contributed by atoms with E-state index in [0.29, 0.717) is 0 Å². The van der Waals surface area contributed by atoms with Crippen LogP contribution in [0.4, 0.5) is 5.69 Å². The molecule has 2 aromatic carbocycles. The standard InChI is InChI=1S/C17H18N2S/c1-11-5-7-14-16(9-11)20-17(18-14)13-6-8-15(19(3)4)12(2)10-13/h5-10H,1-4H3. The first-order valence-electron chi connectivity index (χ1n) is 6.70. The maximum atomic E-state index is 4.74. The van der Waals surface area contributed by atoms with Crippen molar-refractivity contribution in [3.8, 4) is 10.6 Å².